The first-order valence-electron chi connectivity index (χ1n) is 32.4. The van der Waals surface area contributed by atoms with E-state index in [2.05, 4.69) is 139 Å². The number of aromatic nitrogens is 6. The van der Waals surface area contributed by atoms with Crippen LogP contribution < -0.4 is 5.73 Å². The number of alkyl halides is 2. The van der Waals surface area contributed by atoms with Crippen molar-refractivity contribution in [3.05, 3.63) is 193 Å². The van der Waals surface area contributed by atoms with E-state index in [4.69, 9.17) is 25.1 Å². The number of carbonyl (C=O) groups excluding carboxylic acids is 2. The normalized spacial score (nSPS) is 10.6. The Morgan fingerprint density at radius 2 is 0.866 bits per heavy atom. The first kappa shape index (κ1) is 103. The molecule has 0 saturated carbocycles. The van der Waals surface area contributed by atoms with E-state index in [1.165, 1.54) is 62.5 Å². The number of hydrogen-bond donors (Lipinski definition) is 4. The average molecular weight is 1650 g/mol. The van der Waals surface area contributed by atoms with Gasteiger partial charge in [-0.15, -0.1) is 0 Å². The summed E-state index contributed by atoms with van der Waals surface area (Å²) in [6.45, 7) is 47.0. The molecule has 0 fully saturated rings. The van der Waals surface area contributed by atoms with Gasteiger partial charge in [-0.05, 0) is 176 Å². The Morgan fingerprint density at radius 1 is 0.536 bits per heavy atom. The molecule has 19 heteroatoms. The number of carboxylic acids is 1. The Kier molecular flexibility index (Phi) is 63.4. The van der Waals surface area contributed by atoms with E-state index < -0.39 is 36.6 Å². The van der Waals surface area contributed by atoms with Gasteiger partial charge in [-0.1, -0.05) is 118 Å². The zero-order chi connectivity index (χ0) is 72.5. The summed E-state index contributed by atoms with van der Waals surface area (Å²) >= 11 is 7.28. The van der Waals surface area contributed by atoms with Gasteiger partial charge in [0.25, 0.3) is 5.97 Å². The molecule has 6 rings (SSSR count). The first-order chi connectivity index (χ1) is 44.0. The van der Waals surface area contributed by atoms with Crippen molar-refractivity contribution in [2.75, 3.05) is 23.9 Å². The number of Topliss-reactive ketones (excluding diaryl/α,β-unsaturated/α-hetero) is 2. The van der Waals surface area contributed by atoms with E-state index in [1.54, 1.807) is 12.1 Å². The molecule has 6 aromatic heterocycles. The fourth-order valence-electron chi connectivity index (χ4n) is 7.92. The van der Waals surface area contributed by atoms with E-state index in [1.807, 2.05) is 166 Å². The van der Waals surface area contributed by atoms with Gasteiger partial charge >= 0.3 is 120 Å². The van der Waals surface area contributed by atoms with Crippen LogP contribution >= 0.6 is 47.8 Å². The Hall–Kier alpha value is -5.09. The Labute approximate surface area is 618 Å². The third-order valence-corrected chi connectivity index (χ3v) is 29.2. The maximum atomic E-state index is 11.1. The topological polar surface area (TPSA) is 234 Å². The average Bonchev–Trinajstić information content (AvgIpc) is 0.877. The molecule has 6 heterocycles. The molecule has 15 nitrogen and oxygen atoms in total. The van der Waals surface area contributed by atoms with Gasteiger partial charge in [0.2, 0.25) is 0 Å². The van der Waals surface area contributed by atoms with E-state index in [0.717, 1.165) is 82.2 Å². The molecule has 0 aliphatic rings. The molecule has 0 bridgehead atoms. The molecule has 0 radical (unpaired) electrons. The minimum atomic E-state index is -2.24. The molecule has 6 aromatic rings. The van der Waals surface area contributed by atoms with Crippen LogP contribution in [-0.2, 0) is 14.3 Å². The Balaban J connectivity index is -0.000000245. The molecule has 0 unspecified atom stereocenters. The van der Waals surface area contributed by atoms with Crippen LogP contribution in [0.4, 0.5) is 0 Å². The van der Waals surface area contributed by atoms with Crippen LogP contribution in [0.1, 0.15) is 248 Å². The van der Waals surface area contributed by atoms with Gasteiger partial charge in [0.15, 0.2) is 11.6 Å². The summed E-state index contributed by atoms with van der Waals surface area (Å²) in [4.78, 5) is 55.7. The number of nitrogens with zero attached hydrogens (tertiary/aromatic N) is 6. The fraction of sp³-hybridized carbons (Fsp3) is 0.526. The number of unbranched alkanes of at least 4 members (excludes halogenated alkanes) is 3. The number of aryl methyl sites for hydroxylation is 6. The fourth-order valence-corrected chi connectivity index (χ4v) is 23.6. The molecule has 0 aromatic carbocycles. The van der Waals surface area contributed by atoms with Crippen molar-refractivity contribution in [3.63, 3.8) is 0 Å². The van der Waals surface area contributed by atoms with Crippen LogP contribution in [0.3, 0.4) is 0 Å². The van der Waals surface area contributed by atoms with Crippen molar-refractivity contribution in [2.45, 2.75) is 236 Å². The van der Waals surface area contributed by atoms with Gasteiger partial charge in [-0.3, -0.25) is 29.3 Å². The number of nitrogens with two attached hydrogens (primary N) is 1. The van der Waals surface area contributed by atoms with Gasteiger partial charge in [0, 0.05) is 58.9 Å². The number of rotatable bonds is 23. The quantitative estimate of drug-likeness (QED) is 0.0154. The number of hydrogen-bond acceptors (Lipinski definition) is 14. The van der Waals surface area contributed by atoms with Gasteiger partial charge in [-0.25, -0.2) is 15.0 Å². The summed E-state index contributed by atoms with van der Waals surface area (Å²) in [7, 11) is 0. The number of aliphatic hydroxyl groups excluding tert-OH is 2. The smallest absolute Gasteiger partial charge is 0.300 e. The van der Waals surface area contributed by atoms with Crippen LogP contribution in [0.15, 0.2) is 131 Å². The zero-order valence-corrected chi connectivity index (χ0v) is 68.0. The van der Waals surface area contributed by atoms with E-state index in [0.29, 0.717) is 34.4 Å². The predicted molar refractivity (Wildman–Crippen MR) is 426 cm³/mol. The third kappa shape index (κ3) is 57.4. The minimum Gasteiger partial charge on any atom is -0.481 e. The molecule has 2 atom stereocenters. The van der Waals surface area contributed by atoms with Crippen molar-refractivity contribution < 1.29 is 39.2 Å². The summed E-state index contributed by atoms with van der Waals surface area (Å²) in [6, 6.07) is 33.9. The first-order valence-corrected chi connectivity index (χ1v) is 42.9. The van der Waals surface area contributed by atoms with Crippen LogP contribution in [0.2, 0.25) is 13.3 Å². The van der Waals surface area contributed by atoms with Gasteiger partial charge in [0.05, 0.1) is 29.4 Å². The number of ether oxygens (including phenoxy) is 2. The third-order valence-electron chi connectivity index (χ3n) is 12.6. The molecule has 5 N–H and O–H groups in total. The maximum Gasteiger partial charge on any atom is 0.300 e. The number of ketones is 2. The number of carbonyl (C=O) groups is 3. The van der Waals surface area contributed by atoms with Crippen LogP contribution in [0.5, 0.6) is 0 Å². The SMILES string of the molecule is C.C.C.C=C(OCC)c1cccc(C)n1.C=[C](OCC)[Sn]([CH2]CCC)([CH2]CCC)[CH2]CCC.CC(=O)O.CC(=O)c1cccc(C)n1.CC(C)(C)N.Cc1cccc(Br)n1.Cc1cccc(C(=O)CBr)n1.Cc1cccc([C@@H](O)CBr)n1.Cc1cccc([C@@H](O)CCC(C)(C)C)n1. The molecular formula is C78H128Br3N7O8Sn. The van der Waals surface area contributed by atoms with Crippen molar-refractivity contribution >= 4 is 89.5 Å². The van der Waals surface area contributed by atoms with Crippen molar-refractivity contribution in [3.8, 4) is 0 Å². The maximum absolute atomic E-state index is 11.1. The number of aliphatic carboxylic acids is 1. The van der Waals surface area contributed by atoms with Crippen LogP contribution in [0.25, 0.3) is 5.76 Å². The number of aliphatic hydroxyl groups is 2. The van der Waals surface area contributed by atoms with E-state index in [-0.39, 0.29) is 44.8 Å². The number of halogens is 3. The van der Waals surface area contributed by atoms with E-state index >= 15 is 0 Å². The second-order valence-corrected chi connectivity index (χ2v) is 39.8. The standard InChI is InChI=1S/C13H21NO.C10H13NO.C8H10BrNO.C8H8BrNO.C8H9NO.C6H6BrN.C4H11N.C4H7O.3C4H9.C2H4O2.3CH4.Sn/c1-10-6-5-7-11(14-10)12(15)8-9-13(2,3)4;1-4-12-9(3)10-7-5-6-8(2)11-10;2*1-6-3-2-4-7(10-6)8(11)5-9;1-6-4-3-5-8(9-6)7(2)10;1-5-3-2-4-6(7)8-5;1-4(2,3)5;1-3-5-4-2;3*1-3-4-2;1-2(3)4;;;;/h5-7,12,15H,8-9H2,1-4H3;5-7H,3-4H2,1-2H3;2-4,8,11H,5H2,1H3;2-4H,5H2,1H3;3-5H,1-2H3;2-4H,1H3;5H2,1-3H3;1,4H2,2H3;3*1,3-4H2,2H3;1H3,(H,3,4);3*1H4;/t12-;;8-;;;;;;;;;;;;;/m0.0............./s1. The second-order valence-electron chi connectivity index (χ2n) is 24.6. The second kappa shape index (κ2) is 59.7. The minimum absolute atomic E-state index is 0. The number of pyridine rings is 6. The van der Waals surface area contributed by atoms with Crippen molar-refractivity contribution in [1.29, 1.82) is 0 Å². The van der Waals surface area contributed by atoms with Gasteiger partial charge < -0.3 is 25.8 Å². The van der Waals surface area contributed by atoms with Crippen LogP contribution in [-0.4, -0.2) is 111 Å². The van der Waals surface area contributed by atoms with Gasteiger partial charge in [-0.2, -0.15) is 0 Å². The Bertz CT molecular complexity index is 3000. The summed E-state index contributed by atoms with van der Waals surface area (Å²) < 4.78 is 17.7. The van der Waals surface area contributed by atoms with Gasteiger partial charge in [0.1, 0.15) is 33.5 Å². The molecule has 548 valence electrons. The van der Waals surface area contributed by atoms with E-state index in [9.17, 15) is 19.8 Å². The molecule has 97 heavy (non-hydrogen) atoms. The molecule has 0 spiro atoms. The molecule has 0 aliphatic heterocycles. The monoisotopic (exact) mass is 1650 g/mol. The van der Waals surface area contributed by atoms with Crippen molar-refractivity contribution in [2.24, 2.45) is 11.1 Å². The molecule has 0 amide bonds. The predicted octanol–water partition coefficient (Wildman–Crippen LogP) is 21.8. The van der Waals surface area contributed by atoms with Crippen molar-refractivity contribution in [1.82, 2.24) is 29.9 Å². The summed E-state index contributed by atoms with van der Waals surface area (Å²) in [5.41, 5.74) is 14.7. The number of carboxylic acid groups (broad SMARTS) is 1. The zero-order valence-electron chi connectivity index (χ0n) is 60.3. The molecular weight excluding hydrogens is 1520 g/mol. The largest absolute Gasteiger partial charge is 0.481 e. The Morgan fingerprint density at radius 3 is 1.16 bits per heavy atom. The molecule has 0 saturated heterocycles. The van der Waals surface area contributed by atoms with Crippen LogP contribution in [0, 0.1) is 47.0 Å². The summed E-state index contributed by atoms with van der Waals surface area (Å²) in [6.07, 6.45) is 8.96. The summed E-state index contributed by atoms with van der Waals surface area (Å²) in [5.74, 6) is -0.154. The molecule has 0 aliphatic carbocycles. The summed E-state index contributed by atoms with van der Waals surface area (Å²) in [5, 5.41) is 27.6.